The zero-order valence-electron chi connectivity index (χ0n) is 11.9. The highest BCUT2D eigenvalue weighted by Crippen LogP contribution is 2.25. The lowest BCUT2D eigenvalue weighted by Crippen LogP contribution is -1.99. The topological polar surface area (TPSA) is 35.0 Å². The number of aryl methyl sites for hydroxylation is 1. The van der Waals surface area contributed by atoms with Crippen molar-refractivity contribution in [2.45, 2.75) is 13.3 Å². The number of hydrogen-bond donors (Lipinski definition) is 0. The molecule has 1 aromatic heterocycles. The van der Waals surface area contributed by atoms with Gasteiger partial charge in [0.2, 0.25) is 0 Å². The maximum atomic E-state index is 6.01. The molecule has 3 nitrogen and oxygen atoms in total. The van der Waals surface area contributed by atoms with Gasteiger partial charge in [-0.15, -0.1) is 0 Å². The summed E-state index contributed by atoms with van der Waals surface area (Å²) in [5.74, 6) is 1.58. The van der Waals surface area contributed by atoms with Crippen LogP contribution in [0.5, 0.6) is 5.75 Å². The van der Waals surface area contributed by atoms with Gasteiger partial charge in [-0.1, -0.05) is 35.9 Å². The van der Waals surface area contributed by atoms with E-state index in [1.54, 1.807) is 13.2 Å². The predicted octanol–water partition coefficient (Wildman–Crippen LogP) is 4.19. The zero-order chi connectivity index (χ0) is 14.8. The largest absolute Gasteiger partial charge is 0.497 e. The molecule has 0 saturated heterocycles. The van der Waals surface area contributed by atoms with E-state index in [9.17, 15) is 0 Å². The van der Waals surface area contributed by atoms with Crippen LogP contribution in [0.25, 0.3) is 10.8 Å². The summed E-state index contributed by atoms with van der Waals surface area (Å²) in [5, 5.41) is 2.81. The van der Waals surface area contributed by atoms with Crippen LogP contribution in [0.3, 0.4) is 0 Å². The molecule has 0 atom stereocenters. The van der Waals surface area contributed by atoms with Gasteiger partial charge in [-0.25, -0.2) is 9.97 Å². The standard InChI is InChI=1S/C17H15ClN2O/c1-11-8-16(18)20-17(19-11)9-13-5-3-4-12-6-7-14(21-2)10-15(12)13/h3-8,10H,9H2,1-2H3. The Morgan fingerprint density at radius 2 is 1.95 bits per heavy atom. The van der Waals surface area contributed by atoms with E-state index >= 15 is 0 Å². The number of halogens is 1. The molecule has 0 unspecified atom stereocenters. The van der Waals surface area contributed by atoms with E-state index in [1.165, 1.54) is 5.39 Å². The summed E-state index contributed by atoms with van der Waals surface area (Å²) >= 11 is 6.01. The molecule has 1 heterocycles. The quantitative estimate of drug-likeness (QED) is 0.680. The van der Waals surface area contributed by atoms with Gasteiger partial charge in [-0.2, -0.15) is 0 Å². The maximum absolute atomic E-state index is 6.01. The van der Waals surface area contributed by atoms with Gasteiger partial charge in [0.15, 0.2) is 0 Å². The molecule has 4 heteroatoms. The lowest BCUT2D eigenvalue weighted by Gasteiger charge is -2.08. The van der Waals surface area contributed by atoms with Crippen molar-refractivity contribution in [2.24, 2.45) is 0 Å². The average Bonchev–Trinajstić information content (AvgIpc) is 2.46. The van der Waals surface area contributed by atoms with Crippen LogP contribution in [-0.2, 0) is 6.42 Å². The van der Waals surface area contributed by atoms with Gasteiger partial charge >= 0.3 is 0 Å². The fraction of sp³-hybridized carbons (Fsp3) is 0.176. The molecule has 0 radical (unpaired) electrons. The summed E-state index contributed by atoms with van der Waals surface area (Å²) in [6.07, 6.45) is 0.645. The lowest BCUT2D eigenvalue weighted by atomic mass is 10.0. The van der Waals surface area contributed by atoms with E-state index in [-0.39, 0.29) is 0 Å². The third kappa shape index (κ3) is 2.98. The second kappa shape index (κ2) is 5.70. The third-order valence-electron chi connectivity index (χ3n) is 3.40. The first-order chi connectivity index (χ1) is 10.2. The van der Waals surface area contributed by atoms with Crippen LogP contribution in [0.2, 0.25) is 5.15 Å². The predicted molar refractivity (Wildman–Crippen MR) is 85.1 cm³/mol. The summed E-state index contributed by atoms with van der Waals surface area (Å²) in [4.78, 5) is 8.75. The molecule has 0 amide bonds. The summed E-state index contributed by atoms with van der Waals surface area (Å²) in [5.41, 5.74) is 2.04. The Labute approximate surface area is 128 Å². The van der Waals surface area contributed by atoms with E-state index in [4.69, 9.17) is 16.3 Å². The minimum atomic E-state index is 0.482. The van der Waals surface area contributed by atoms with Gasteiger partial charge in [0.05, 0.1) is 7.11 Å². The molecule has 2 aromatic carbocycles. The number of aromatic nitrogens is 2. The van der Waals surface area contributed by atoms with Crippen LogP contribution in [0.1, 0.15) is 17.1 Å². The van der Waals surface area contributed by atoms with Crippen molar-refractivity contribution in [3.63, 3.8) is 0 Å². The number of rotatable bonds is 3. The first kappa shape index (κ1) is 13.8. The highest BCUT2D eigenvalue weighted by atomic mass is 35.5. The SMILES string of the molecule is COc1ccc2cccc(Cc3nc(C)cc(Cl)n3)c2c1. The van der Waals surface area contributed by atoms with Gasteiger partial charge in [-0.3, -0.25) is 0 Å². The Balaban J connectivity index is 2.07. The maximum Gasteiger partial charge on any atom is 0.134 e. The van der Waals surface area contributed by atoms with E-state index in [2.05, 4.69) is 28.2 Å². The van der Waals surface area contributed by atoms with Crippen LogP contribution in [0.4, 0.5) is 0 Å². The molecule has 0 saturated carbocycles. The van der Waals surface area contributed by atoms with Crippen molar-refractivity contribution in [3.8, 4) is 5.75 Å². The molecule has 0 fully saturated rings. The lowest BCUT2D eigenvalue weighted by molar-refractivity contribution is 0.415. The van der Waals surface area contributed by atoms with Crippen LogP contribution >= 0.6 is 11.6 Å². The second-order valence-electron chi connectivity index (χ2n) is 4.93. The molecule has 3 rings (SSSR count). The Kier molecular flexibility index (Phi) is 3.76. The smallest absolute Gasteiger partial charge is 0.134 e. The van der Waals surface area contributed by atoms with Crippen LogP contribution in [0.15, 0.2) is 42.5 Å². The van der Waals surface area contributed by atoms with E-state index in [0.29, 0.717) is 11.6 Å². The number of benzene rings is 2. The zero-order valence-corrected chi connectivity index (χ0v) is 12.7. The summed E-state index contributed by atoms with van der Waals surface area (Å²) in [6, 6.07) is 14.0. The molecular weight excluding hydrogens is 284 g/mol. The minimum Gasteiger partial charge on any atom is -0.497 e. The van der Waals surface area contributed by atoms with Crippen LogP contribution < -0.4 is 4.74 Å². The average molecular weight is 299 g/mol. The van der Waals surface area contributed by atoms with Crippen molar-refractivity contribution in [2.75, 3.05) is 7.11 Å². The fourth-order valence-corrected chi connectivity index (χ4v) is 2.69. The molecule has 0 N–H and O–H groups in total. The van der Waals surface area contributed by atoms with Crippen molar-refractivity contribution in [1.82, 2.24) is 9.97 Å². The second-order valence-corrected chi connectivity index (χ2v) is 5.32. The van der Waals surface area contributed by atoms with Crippen molar-refractivity contribution in [1.29, 1.82) is 0 Å². The minimum absolute atomic E-state index is 0.482. The van der Waals surface area contributed by atoms with E-state index in [1.807, 2.05) is 25.1 Å². The van der Waals surface area contributed by atoms with Gasteiger partial charge in [-0.05, 0) is 41.5 Å². The van der Waals surface area contributed by atoms with Crippen LogP contribution in [-0.4, -0.2) is 17.1 Å². The number of hydrogen-bond acceptors (Lipinski definition) is 3. The summed E-state index contributed by atoms with van der Waals surface area (Å²) in [6.45, 7) is 1.92. The van der Waals surface area contributed by atoms with Crippen molar-refractivity contribution >= 4 is 22.4 Å². The Morgan fingerprint density at radius 1 is 1.10 bits per heavy atom. The van der Waals surface area contributed by atoms with E-state index < -0.39 is 0 Å². The monoisotopic (exact) mass is 298 g/mol. The molecule has 3 aromatic rings. The molecule has 0 spiro atoms. The molecule has 21 heavy (non-hydrogen) atoms. The Hall–Kier alpha value is -2.13. The fourth-order valence-electron chi connectivity index (χ4n) is 2.44. The van der Waals surface area contributed by atoms with Gasteiger partial charge in [0, 0.05) is 12.1 Å². The third-order valence-corrected chi connectivity index (χ3v) is 3.59. The summed E-state index contributed by atoms with van der Waals surface area (Å²) < 4.78 is 5.31. The van der Waals surface area contributed by atoms with Gasteiger partial charge < -0.3 is 4.74 Å². The Bertz CT molecular complexity index is 782. The van der Waals surface area contributed by atoms with Crippen LogP contribution in [0, 0.1) is 6.92 Å². The molecule has 0 aliphatic carbocycles. The van der Waals surface area contributed by atoms with Crippen molar-refractivity contribution in [3.05, 3.63) is 64.7 Å². The molecular formula is C17H15ClN2O. The Morgan fingerprint density at radius 3 is 2.71 bits per heavy atom. The molecule has 0 aliphatic heterocycles. The van der Waals surface area contributed by atoms with Crippen molar-refractivity contribution < 1.29 is 4.74 Å². The van der Waals surface area contributed by atoms with Gasteiger partial charge in [0.25, 0.3) is 0 Å². The number of fused-ring (bicyclic) bond motifs is 1. The first-order valence-corrected chi connectivity index (χ1v) is 7.09. The highest BCUT2D eigenvalue weighted by molar-refractivity contribution is 6.29. The van der Waals surface area contributed by atoms with E-state index in [0.717, 1.165) is 28.2 Å². The molecule has 106 valence electrons. The number of methoxy groups -OCH3 is 1. The highest BCUT2D eigenvalue weighted by Gasteiger charge is 2.07. The number of ether oxygens (including phenoxy) is 1. The molecule has 0 aliphatic rings. The number of nitrogens with zero attached hydrogens (tertiary/aromatic N) is 2. The van der Waals surface area contributed by atoms with Gasteiger partial charge in [0.1, 0.15) is 16.7 Å². The first-order valence-electron chi connectivity index (χ1n) is 6.71. The summed E-state index contributed by atoms with van der Waals surface area (Å²) in [7, 11) is 1.67. The molecule has 0 bridgehead atoms. The normalized spacial score (nSPS) is 10.8.